The van der Waals surface area contributed by atoms with E-state index in [1.165, 1.54) is 0 Å². The van der Waals surface area contributed by atoms with E-state index in [2.05, 4.69) is 21.7 Å². The lowest BCUT2D eigenvalue weighted by molar-refractivity contribution is 0.0455. The molecule has 0 unspecified atom stereocenters. The van der Waals surface area contributed by atoms with Crippen LogP contribution in [0.3, 0.4) is 0 Å². The topological polar surface area (TPSA) is 112 Å². The number of pyridine rings is 2. The highest BCUT2D eigenvalue weighted by atomic mass is 35.5. The van der Waals surface area contributed by atoms with Crippen LogP contribution in [0.4, 0.5) is 5.82 Å². The third-order valence-electron chi connectivity index (χ3n) is 7.37. The zero-order valence-electron chi connectivity index (χ0n) is 20.9. The Morgan fingerprint density at radius 1 is 1.31 bits per heavy atom. The maximum Gasteiger partial charge on any atom is 0.126 e. The summed E-state index contributed by atoms with van der Waals surface area (Å²) in [5.74, 6) is 1.08. The number of aliphatic hydroxyl groups excluding tert-OH is 1. The minimum Gasteiger partial charge on any atom is -0.391 e. The monoisotopic (exact) mass is 513 g/mol. The van der Waals surface area contributed by atoms with E-state index in [1.54, 1.807) is 13.3 Å². The van der Waals surface area contributed by atoms with E-state index in [1.807, 2.05) is 24.3 Å². The highest BCUT2D eigenvalue weighted by Crippen LogP contribution is 2.32. The standard InChI is InChI=1S/C27H36ClN5O3/c1-35-12-9-30-24-6-5-19(14-25(24)34)13-20-15-21(22(28)16-31-20)23-3-2-4-26(33-23)32-18-27(17-29)7-10-36-11-8-27/h2-4,15-16,19,24-25,30,34H,5-14,18H2,1H3,(H,32,33)/t19-,24+,25+/m0/s1. The predicted octanol–water partition coefficient (Wildman–Crippen LogP) is 3.84. The number of rotatable bonds is 10. The number of ether oxygens (including phenoxy) is 2. The first-order valence-electron chi connectivity index (χ1n) is 12.8. The molecule has 3 atom stereocenters. The van der Waals surface area contributed by atoms with Gasteiger partial charge in [0.2, 0.25) is 0 Å². The molecule has 0 bridgehead atoms. The Hall–Kier alpha value is -2.28. The molecule has 36 heavy (non-hydrogen) atoms. The lowest BCUT2D eigenvalue weighted by Crippen LogP contribution is -2.45. The zero-order chi connectivity index (χ0) is 25.4. The van der Waals surface area contributed by atoms with Crippen LogP contribution >= 0.6 is 11.6 Å². The summed E-state index contributed by atoms with van der Waals surface area (Å²) in [6.45, 7) is 3.15. The van der Waals surface area contributed by atoms with Crippen molar-refractivity contribution in [3.63, 3.8) is 0 Å². The quantitative estimate of drug-likeness (QED) is 0.411. The first kappa shape index (κ1) is 26.8. The number of aliphatic hydroxyl groups is 1. The number of anilines is 1. The van der Waals surface area contributed by atoms with Gasteiger partial charge >= 0.3 is 0 Å². The van der Waals surface area contributed by atoms with E-state index in [0.29, 0.717) is 43.1 Å². The van der Waals surface area contributed by atoms with Gasteiger partial charge in [0.15, 0.2) is 0 Å². The molecule has 2 fully saturated rings. The number of nitrogens with one attached hydrogen (secondary N) is 2. The Bertz CT molecular complexity index is 1040. The van der Waals surface area contributed by atoms with Crippen molar-refractivity contribution in [2.45, 2.75) is 50.7 Å². The highest BCUT2D eigenvalue weighted by molar-refractivity contribution is 6.33. The summed E-state index contributed by atoms with van der Waals surface area (Å²) in [7, 11) is 1.68. The molecule has 8 nitrogen and oxygen atoms in total. The smallest absolute Gasteiger partial charge is 0.126 e. The number of hydrogen-bond acceptors (Lipinski definition) is 8. The third kappa shape index (κ3) is 6.93. The Kier molecular flexibility index (Phi) is 9.52. The molecule has 2 aromatic rings. The predicted molar refractivity (Wildman–Crippen MR) is 140 cm³/mol. The molecule has 0 amide bonds. The van der Waals surface area contributed by atoms with Gasteiger partial charge in [0, 0.05) is 56.9 Å². The van der Waals surface area contributed by atoms with Gasteiger partial charge in [0.25, 0.3) is 0 Å². The second-order valence-electron chi connectivity index (χ2n) is 9.93. The first-order chi connectivity index (χ1) is 17.5. The molecule has 0 aromatic carbocycles. The molecule has 9 heteroatoms. The average Bonchev–Trinajstić information content (AvgIpc) is 2.91. The van der Waals surface area contributed by atoms with Crippen molar-refractivity contribution < 1.29 is 14.6 Å². The summed E-state index contributed by atoms with van der Waals surface area (Å²) in [5, 5.41) is 27.6. The molecule has 1 saturated heterocycles. The second kappa shape index (κ2) is 12.8. The third-order valence-corrected chi connectivity index (χ3v) is 7.67. The van der Waals surface area contributed by atoms with Gasteiger partial charge in [-0.15, -0.1) is 0 Å². The summed E-state index contributed by atoms with van der Waals surface area (Å²) in [4.78, 5) is 9.34. The van der Waals surface area contributed by atoms with Gasteiger partial charge in [0.1, 0.15) is 5.82 Å². The van der Waals surface area contributed by atoms with Gasteiger partial charge in [-0.25, -0.2) is 4.98 Å². The highest BCUT2D eigenvalue weighted by Gasteiger charge is 2.33. The molecule has 0 spiro atoms. The summed E-state index contributed by atoms with van der Waals surface area (Å²) >= 11 is 6.53. The summed E-state index contributed by atoms with van der Waals surface area (Å²) in [5.41, 5.74) is 2.11. The van der Waals surface area contributed by atoms with E-state index in [4.69, 9.17) is 26.1 Å². The van der Waals surface area contributed by atoms with Gasteiger partial charge in [-0.3, -0.25) is 4.98 Å². The molecule has 3 heterocycles. The van der Waals surface area contributed by atoms with Crippen LogP contribution < -0.4 is 10.6 Å². The number of nitrogens with zero attached hydrogens (tertiary/aromatic N) is 3. The van der Waals surface area contributed by atoms with Crippen molar-refractivity contribution >= 4 is 17.4 Å². The van der Waals surface area contributed by atoms with E-state index < -0.39 is 5.41 Å². The van der Waals surface area contributed by atoms with Crippen molar-refractivity contribution in [3.8, 4) is 17.3 Å². The summed E-state index contributed by atoms with van der Waals surface area (Å²) < 4.78 is 10.5. The van der Waals surface area contributed by atoms with Crippen LogP contribution in [0.5, 0.6) is 0 Å². The van der Waals surface area contributed by atoms with Crippen LogP contribution in [-0.2, 0) is 15.9 Å². The summed E-state index contributed by atoms with van der Waals surface area (Å²) in [6, 6.07) is 10.4. The molecule has 0 radical (unpaired) electrons. The van der Waals surface area contributed by atoms with Crippen LogP contribution in [-0.4, -0.2) is 67.2 Å². The van der Waals surface area contributed by atoms with Gasteiger partial charge in [-0.05, 0) is 62.6 Å². The fourth-order valence-electron chi connectivity index (χ4n) is 5.12. The minimum absolute atomic E-state index is 0.117. The van der Waals surface area contributed by atoms with Crippen LogP contribution in [0.2, 0.25) is 5.02 Å². The van der Waals surface area contributed by atoms with Crippen molar-refractivity contribution in [1.82, 2.24) is 15.3 Å². The molecule has 2 aromatic heterocycles. The van der Waals surface area contributed by atoms with Crippen LogP contribution in [0, 0.1) is 22.7 Å². The average molecular weight is 514 g/mol. The van der Waals surface area contributed by atoms with Crippen LogP contribution in [0.1, 0.15) is 37.8 Å². The molecule has 194 valence electrons. The van der Waals surface area contributed by atoms with Crippen molar-refractivity contribution in [1.29, 1.82) is 5.26 Å². The number of hydrogen-bond donors (Lipinski definition) is 3. The van der Waals surface area contributed by atoms with Gasteiger partial charge in [-0.1, -0.05) is 17.7 Å². The molecule has 4 rings (SSSR count). The Labute approximate surface area is 218 Å². The zero-order valence-corrected chi connectivity index (χ0v) is 21.6. The fraction of sp³-hybridized carbons (Fsp3) is 0.593. The minimum atomic E-state index is -0.430. The molecule has 1 saturated carbocycles. The molecule has 1 aliphatic heterocycles. The number of aromatic nitrogens is 2. The van der Waals surface area contributed by atoms with Gasteiger partial charge in [-0.2, -0.15) is 5.26 Å². The van der Waals surface area contributed by atoms with E-state index in [0.717, 1.165) is 62.0 Å². The summed E-state index contributed by atoms with van der Waals surface area (Å²) in [6.07, 6.45) is 6.25. The van der Waals surface area contributed by atoms with E-state index >= 15 is 0 Å². The molecular weight excluding hydrogens is 478 g/mol. The van der Waals surface area contributed by atoms with E-state index in [-0.39, 0.29) is 12.1 Å². The van der Waals surface area contributed by atoms with Crippen LogP contribution in [0.25, 0.3) is 11.3 Å². The van der Waals surface area contributed by atoms with Gasteiger partial charge in [0.05, 0.1) is 34.9 Å². The lowest BCUT2D eigenvalue weighted by Gasteiger charge is -2.33. The second-order valence-corrected chi connectivity index (χ2v) is 10.3. The number of methoxy groups -OCH3 is 1. The maximum atomic E-state index is 10.6. The lowest BCUT2D eigenvalue weighted by atomic mass is 9.81. The SMILES string of the molecule is COCCN[C@@H]1CC[C@@H](Cc2cc(-c3cccc(NCC4(C#N)CCOCC4)n3)c(Cl)cn2)C[C@H]1O. The van der Waals surface area contributed by atoms with Crippen LogP contribution in [0.15, 0.2) is 30.5 Å². The Morgan fingerprint density at radius 3 is 2.89 bits per heavy atom. The number of halogens is 1. The van der Waals surface area contributed by atoms with Gasteiger partial charge < -0.3 is 25.2 Å². The Morgan fingerprint density at radius 2 is 2.14 bits per heavy atom. The maximum absolute atomic E-state index is 10.6. The first-order valence-corrected chi connectivity index (χ1v) is 13.1. The van der Waals surface area contributed by atoms with E-state index in [9.17, 15) is 10.4 Å². The normalized spacial score (nSPS) is 23.7. The molecular formula is C27H36ClN5O3. The number of nitriles is 1. The fourth-order valence-corrected chi connectivity index (χ4v) is 5.32. The largest absolute Gasteiger partial charge is 0.391 e. The Balaban J connectivity index is 1.40. The molecule has 2 aliphatic rings. The molecule has 3 N–H and O–H groups in total. The van der Waals surface area contributed by atoms with Crippen molar-refractivity contribution in [2.75, 3.05) is 45.3 Å². The van der Waals surface area contributed by atoms with Crippen molar-refractivity contribution in [2.24, 2.45) is 11.3 Å². The van der Waals surface area contributed by atoms with Crippen molar-refractivity contribution in [3.05, 3.63) is 41.2 Å². The molecule has 1 aliphatic carbocycles.